The minimum absolute atomic E-state index is 0.285. The predicted octanol–water partition coefficient (Wildman–Crippen LogP) is 0.672. The molecule has 10 heavy (non-hydrogen) atoms. The fourth-order valence-corrected chi connectivity index (χ4v) is 0.401. The molecule has 6 heteroatoms. The Morgan fingerprint density at radius 2 is 1.90 bits per heavy atom. The maximum absolute atomic E-state index is 10.5. The minimum atomic E-state index is -1.23. The smallest absolute Gasteiger partial charge is 0.259 e. The first-order chi connectivity index (χ1) is 4.57. The van der Waals surface area contributed by atoms with Gasteiger partial charge >= 0.3 is 0 Å². The Bertz CT molecular complexity index is 147. The van der Waals surface area contributed by atoms with E-state index in [1.54, 1.807) is 0 Å². The van der Waals surface area contributed by atoms with Crippen molar-refractivity contribution in [1.82, 2.24) is 5.32 Å². The first kappa shape index (κ1) is 10.0. The van der Waals surface area contributed by atoms with Crippen LogP contribution in [0.3, 0.4) is 0 Å². The summed E-state index contributed by atoms with van der Waals surface area (Å²) < 4.78 is 0. The molecule has 0 aliphatic heterocycles. The molecule has 0 saturated heterocycles. The summed E-state index contributed by atoms with van der Waals surface area (Å²) in [5, 5.41) is 1.86. The Morgan fingerprint density at radius 3 is 2.20 bits per heavy atom. The number of carbonyl (C=O) groups excluding carboxylic acids is 2. The largest absolute Gasteiger partial charge is 0.293 e. The molecule has 2 amide bonds. The van der Waals surface area contributed by atoms with Crippen molar-refractivity contribution in [1.29, 1.82) is 0 Å². The highest BCUT2D eigenvalue weighted by Crippen LogP contribution is 1.99. The average Bonchev–Trinajstić information content (AvgIpc) is 1.87. The van der Waals surface area contributed by atoms with Crippen molar-refractivity contribution in [2.75, 3.05) is 5.88 Å². The number of alkyl halides is 3. The first-order valence-corrected chi connectivity index (χ1v) is 3.66. The lowest BCUT2D eigenvalue weighted by atomic mass is 10.6. The zero-order chi connectivity index (χ0) is 8.15. The second-order valence-electron chi connectivity index (χ2n) is 1.35. The third kappa shape index (κ3) is 3.93. The van der Waals surface area contributed by atoms with E-state index >= 15 is 0 Å². The van der Waals surface area contributed by atoms with E-state index in [0.29, 0.717) is 0 Å². The summed E-state index contributed by atoms with van der Waals surface area (Å²) in [4.78, 5) is 19.6. The van der Waals surface area contributed by atoms with Gasteiger partial charge in [-0.15, -0.1) is 11.6 Å². The molecule has 0 aliphatic carbocycles. The lowest BCUT2D eigenvalue weighted by molar-refractivity contribution is -0.128. The summed E-state index contributed by atoms with van der Waals surface area (Å²) in [5.74, 6) is -1.65. The number of hydrogen-bond donors (Lipinski definition) is 1. The molecule has 0 aliphatic rings. The van der Waals surface area contributed by atoms with Gasteiger partial charge in [0.15, 0.2) is 4.84 Å². The molecule has 0 aromatic rings. The third-order valence-corrected chi connectivity index (χ3v) is 1.22. The number of imide groups is 1. The Morgan fingerprint density at radius 1 is 1.40 bits per heavy atom. The highest BCUT2D eigenvalue weighted by molar-refractivity contribution is 6.54. The predicted molar refractivity (Wildman–Crippen MR) is 39.4 cm³/mol. The summed E-state index contributed by atoms with van der Waals surface area (Å²) in [6.45, 7) is 0. The van der Waals surface area contributed by atoms with Gasteiger partial charge in [-0.2, -0.15) is 0 Å². The Balaban J connectivity index is 3.69. The van der Waals surface area contributed by atoms with E-state index in [1.165, 1.54) is 0 Å². The molecule has 0 unspecified atom stereocenters. The van der Waals surface area contributed by atoms with Gasteiger partial charge in [-0.1, -0.05) is 23.2 Å². The van der Waals surface area contributed by atoms with Crippen LogP contribution in [-0.2, 0) is 9.59 Å². The molecule has 0 rings (SSSR count). The maximum Gasteiger partial charge on any atom is 0.259 e. The monoisotopic (exact) mass is 203 g/mol. The van der Waals surface area contributed by atoms with Crippen LogP contribution in [0.25, 0.3) is 0 Å². The van der Waals surface area contributed by atoms with Gasteiger partial charge in [0.2, 0.25) is 5.91 Å². The van der Waals surface area contributed by atoms with E-state index in [9.17, 15) is 9.59 Å². The lowest BCUT2D eigenvalue weighted by Gasteiger charge is -1.99. The zero-order valence-electron chi connectivity index (χ0n) is 4.73. The molecule has 3 nitrogen and oxygen atoms in total. The molecule has 0 bridgehead atoms. The van der Waals surface area contributed by atoms with Gasteiger partial charge in [0.25, 0.3) is 5.91 Å². The van der Waals surface area contributed by atoms with Crippen LogP contribution in [0.1, 0.15) is 0 Å². The highest BCUT2D eigenvalue weighted by Gasteiger charge is 2.13. The van der Waals surface area contributed by atoms with Crippen LogP contribution in [-0.4, -0.2) is 22.5 Å². The van der Waals surface area contributed by atoms with Gasteiger partial charge in [0.1, 0.15) is 5.88 Å². The molecule has 0 spiro atoms. The number of amides is 2. The molecule has 1 N–H and O–H groups in total. The number of rotatable bonds is 2. The van der Waals surface area contributed by atoms with Gasteiger partial charge in [0, 0.05) is 0 Å². The van der Waals surface area contributed by atoms with Crippen LogP contribution < -0.4 is 5.32 Å². The second kappa shape index (κ2) is 4.77. The van der Waals surface area contributed by atoms with Gasteiger partial charge in [-0.25, -0.2) is 0 Å². The van der Waals surface area contributed by atoms with Crippen molar-refractivity contribution in [2.24, 2.45) is 0 Å². The standard InChI is InChI=1S/C4H4Cl3NO2/c5-1-2(9)8-4(10)3(6)7/h3H,1H2,(H,8,9,10). The van der Waals surface area contributed by atoms with E-state index in [2.05, 4.69) is 0 Å². The fourth-order valence-electron chi connectivity index (χ4n) is 0.225. The van der Waals surface area contributed by atoms with Crippen LogP contribution in [0, 0.1) is 0 Å². The highest BCUT2D eigenvalue weighted by atomic mass is 35.5. The normalized spacial score (nSPS) is 9.60. The van der Waals surface area contributed by atoms with E-state index in [0.717, 1.165) is 0 Å². The SMILES string of the molecule is O=C(CCl)NC(=O)C(Cl)Cl. The van der Waals surface area contributed by atoms with Crippen molar-refractivity contribution in [3.8, 4) is 0 Å². The molecular weight excluding hydrogens is 200 g/mol. The molecule has 0 aromatic heterocycles. The topological polar surface area (TPSA) is 46.2 Å². The van der Waals surface area contributed by atoms with Crippen LogP contribution in [0.4, 0.5) is 0 Å². The summed E-state index contributed by atoms with van der Waals surface area (Å²) >= 11 is 15.2. The summed E-state index contributed by atoms with van der Waals surface area (Å²) in [6.07, 6.45) is 0. The molecule has 58 valence electrons. The summed E-state index contributed by atoms with van der Waals surface area (Å²) in [7, 11) is 0. The van der Waals surface area contributed by atoms with Crippen molar-refractivity contribution >= 4 is 46.6 Å². The molecule has 0 fully saturated rings. The van der Waals surface area contributed by atoms with Gasteiger partial charge < -0.3 is 0 Å². The molecule has 0 heterocycles. The number of halogens is 3. The van der Waals surface area contributed by atoms with Crippen LogP contribution in [0.5, 0.6) is 0 Å². The van der Waals surface area contributed by atoms with Crippen molar-refractivity contribution in [3.05, 3.63) is 0 Å². The number of nitrogens with one attached hydrogen (secondary N) is 1. The maximum atomic E-state index is 10.5. The van der Waals surface area contributed by atoms with E-state index in [4.69, 9.17) is 34.8 Å². The second-order valence-corrected chi connectivity index (χ2v) is 2.71. The first-order valence-electron chi connectivity index (χ1n) is 2.25. The fraction of sp³-hybridized carbons (Fsp3) is 0.500. The molecule has 0 radical (unpaired) electrons. The Labute approximate surface area is 72.6 Å². The molecule has 0 aromatic carbocycles. The van der Waals surface area contributed by atoms with Gasteiger partial charge in [-0.05, 0) is 0 Å². The molecular formula is C4H4Cl3NO2. The van der Waals surface area contributed by atoms with E-state index in [1.807, 2.05) is 5.32 Å². The lowest BCUT2D eigenvalue weighted by Crippen LogP contribution is -2.34. The number of hydrogen-bond acceptors (Lipinski definition) is 2. The quantitative estimate of drug-likeness (QED) is 0.672. The van der Waals surface area contributed by atoms with E-state index < -0.39 is 16.7 Å². The summed E-state index contributed by atoms with van der Waals surface area (Å²) in [6, 6.07) is 0. The summed E-state index contributed by atoms with van der Waals surface area (Å²) in [5.41, 5.74) is 0. The zero-order valence-corrected chi connectivity index (χ0v) is 7.00. The molecule has 0 saturated carbocycles. The number of carbonyl (C=O) groups is 2. The Kier molecular flexibility index (Phi) is 4.77. The van der Waals surface area contributed by atoms with Gasteiger partial charge in [0.05, 0.1) is 0 Å². The van der Waals surface area contributed by atoms with Crippen LogP contribution >= 0.6 is 34.8 Å². The Hall–Kier alpha value is 0.01000. The van der Waals surface area contributed by atoms with Crippen molar-refractivity contribution in [2.45, 2.75) is 4.84 Å². The van der Waals surface area contributed by atoms with Crippen molar-refractivity contribution in [3.63, 3.8) is 0 Å². The third-order valence-electron chi connectivity index (χ3n) is 0.582. The van der Waals surface area contributed by atoms with Crippen LogP contribution in [0.15, 0.2) is 0 Å². The van der Waals surface area contributed by atoms with Crippen LogP contribution in [0.2, 0.25) is 0 Å². The average molecular weight is 204 g/mol. The van der Waals surface area contributed by atoms with Crippen molar-refractivity contribution < 1.29 is 9.59 Å². The van der Waals surface area contributed by atoms with Gasteiger partial charge in [-0.3, -0.25) is 14.9 Å². The molecule has 0 atom stereocenters. The minimum Gasteiger partial charge on any atom is -0.293 e. The van der Waals surface area contributed by atoms with E-state index in [-0.39, 0.29) is 5.88 Å².